The van der Waals surface area contributed by atoms with Crippen LogP contribution in [0, 0.1) is 17.2 Å². The van der Waals surface area contributed by atoms with Crippen LogP contribution in [0.25, 0.3) is 6.08 Å². The summed E-state index contributed by atoms with van der Waals surface area (Å²) >= 11 is 0. The number of likely N-dealkylation sites (tertiary alicyclic amines) is 2. The molecule has 0 bridgehead atoms. The van der Waals surface area contributed by atoms with Crippen LogP contribution in [0.15, 0.2) is 30.3 Å². The van der Waals surface area contributed by atoms with Gasteiger partial charge in [0.15, 0.2) is 6.61 Å². The van der Waals surface area contributed by atoms with Crippen LogP contribution in [0.1, 0.15) is 44.1 Å². The molecule has 0 aliphatic carbocycles. The Labute approximate surface area is 172 Å². The Bertz CT molecular complexity index is 751. The molecule has 2 amide bonds. The lowest BCUT2D eigenvalue weighted by atomic mass is 9.95. The third-order valence-electron chi connectivity index (χ3n) is 5.68. The highest BCUT2D eigenvalue weighted by Gasteiger charge is 2.29. The van der Waals surface area contributed by atoms with Gasteiger partial charge in [-0.2, -0.15) is 5.26 Å². The van der Waals surface area contributed by atoms with Crippen molar-refractivity contribution >= 4 is 17.9 Å². The van der Waals surface area contributed by atoms with Gasteiger partial charge < -0.3 is 14.5 Å². The first-order valence-electron chi connectivity index (χ1n) is 10.5. The molecule has 2 aliphatic heterocycles. The molecule has 0 saturated carbocycles. The first kappa shape index (κ1) is 20.9. The molecule has 1 aromatic rings. The summed E-state index contributed by atoms with van der Waals surface area (Å²) in [6.07, 6.45) is 9.53. The Kier molecular flexibility index (Phi) is 7.69. The maximum absolute atomic E-state index is 12.8. The van der Waals surface area contributed by atoms with Crippen molar-refractivity contribution in [3.63, 3.8) is 0 Å². The zero-order chi connectivity index (χ0) is 20.5. The highest BCUT2D eigenvalue weighted by Crippen LogP contribution is 2.22. The Morgan fingerprint density at radius 2 is 1.66 bits per heavy atom. The molecule has 3 rings (SSSR count). The summed E-state index contributed by atoms with van der Waals surface area (Å²) in [5.41, 5.74) is 0.897. The zero-order valence-corrected chi connectivity index (χ0v) is 16.9. The van der Waals surface area contributed by atoms with E-state index in [-0.39, 0.29) is 24.3 Å². The minimum absolute atomic E-state index is 0.0177. The summed E-state index contributed by atoms with van der Waals surface area (Å²) in [5, 5.41) is 8.53. The molecule has 2 heterocycles. The zero-order valence-electron chi connectivity index (χ0n) is 16.9. The Balaban J connectivity index is 1.46. The predicted octanol–water partition coefficient (Wildman–Crippen LogP) is 3.24. The predicted molar refractivity (Wildman–Crippen MR) is 111 cm³/mol. The van der Waals surface area contributed by atoms with Gasteiger partial charge in [0.1, 0.15) is 11.8 Å². The highest BCUT2D eigenvalue weighted by atomic mass is 16.5. The van der Waals surface area contributed by atoms with Crippen LogP contribution in [0.4, 0.5) is 0 Å². The normalized spacial score (nSPS) is 18.3. The molecule has 0 spiro atoms. The number of carbonyl (C=O) groups excluding carboxylic acids is 2. The number of piperidine rings is 1. The van der Waals surface area contributed by atoms with Gasteiger partial charge in [0.05, 0.1) is 0 Å². The first-order valence-corrected chi connectivity index (χ1v) is 10.5. The summed E-state index contributed by atoms with van der Waals surface area (Å²) in [6, 6.07) is 9.19. The van der Waals surface area contributed by atoms with E-state index in [1.165, 1.54) is 12.8 Å². The molecule has 6 nitrogen and oxygen atoms in total. The maximum atomic E-state index is 12.8. The van der Waals surface area contributed by atoms with E-state index < -0.39 is 0 Å². The van der Waals surface area contributed by atoms with Gasteiger partial charge in [-0.05, 0) is 49.5 Å². The average Bonchev–Trinajstić information content (AvgIpc) is 3.06. The van der Waals surface area contributed by atoms with E-state index in [0.717, 1.165) is 44.3 Å². The van der Waals surface area contributed by atoms with E-state index in [4.69, 9.17) is 10.00 Å². The molecule has 2 aliphatic rings. The molecule has 0 atom stereocenters. The van der Waals surface area contributed by atoms with E-state index in [0.29, 0.717) is 18.8 Å². The van der Waals surface area contributed by atoms with Gasteiger partial charge in [-0.1, -0.05) is 25.0 Å². The Hall–Kier alpha value is -2.81. The molecular weight excluding hydrogens is 366 g/mol. The van der Waals surface area contributed by atoms with E-state index in [9.17, 15) is 9.59 Å². The lowest BCUT2D eigenvalue weighted by Gasteiger charge is -2.33. The number of hydrogen-bond acceptors (Lipinski definition) is 4. The van der Waals surface area contributed by atoms with Crippen LogP contribution in [0.3, 0.4) is 0 Å². The lowest BCUT2D eigenvalue weighted by Crippen LogP contribution is -2.44. The van der Waals surface area contributed by atoms with Crippen molar-refractivity contribution in [3.05, 3.63) is 35.9 Å². The molecule has 2 saturated heterocycles. The van der Waals surface area contributed by atoms with Gasteiger partial charge in [0.25, 0.3) is 0 Å². The lowest BCUT2D eigenvalue weighted by molar-refractivity contribution is -0.139. The second-order valence-electron chi connectivity index (χ2n) is 7.69. The Morgan fingerprint density at radius 3 is 2.28 bits per heavy atom. The van der Waals surface area contributed by atoms with Crippen molar-refractivity contribution in [2.24, 2.45) is 5.92 Å². The molecule has 0 N–H and O–H groups in total. The molecule has 29 heavy (non-hydrogen) atoms. The third kappa shape index (κ3) is 6.08. The molecular formula is C23H29N3O3. The van der Waals surface area contributed by atoms with Crippen LogP contribution >= 0.6 is 0 Å². The molecule has 6 heteroatoms. The fourth-order valence-corrected chi connectivity index (χ4v) is 3.96. The van der Waals surface area contributed by atoms with Crippen molar-refractivity contribution < 1.29 is 14.3 Å². The van der Waals surface area contributed by atoms with Gasteiger partial charge in [0.2, 0.25) is 11.8 Å². The number of nitriles is 1. The smallest absolute Gasteiger partial charge is 0.246 e. The van der Waals surface area contributed by atoms with Crippen molar-refractivity contribution in [2.75, 3.05) is 32.8 Å². The first-order chi connectivity index (χ1) is 14.2. The summed E-state index contributed by atoms with van der Waals surface area (Å²) < 4.78 is 5.22. The van der Waals surface area contributed by atoms with E-state index in [2.05, 4.69) is 0 Å². The molecule has 0 radical (unpaired) electrons. The van der Waals surface area contributed by atoms with E-state index in [1.54, 1.807) is 24.3 Å². The van der Waals surface area contributed by atoms with Gasteiger partial charge >= 0.3 is 0 Å². The second kappa shape index (κ2) is 10.7. The molecule has 2 fully saturated rings. The van der Waals surface area contributed by atoms with Crippen molar-refractivity contribution in [3.8, 4) is 11.8 Å². The van der Waals surface area contributed by atoms with E-state index in [1.807, 2.05) is 28.0 Å². The van der Waals surface area contributed by atoms with Gasteiger partial charge in [-0.3, -0.25) is 9.59 Å². The maximum Gasteiger partial charge on any atom is 0.246 e. The van der Waals surface area contributed by atoms with Gasteiger partial charge in [-0.25, -0.2) is 0 Å². The SMILES string of the molecule is N#CCOc1ccc(/C=C/C(=O)N2CCC(C(=O)N3CCCCCC3)CC2)cc1. The van der Waals surface area contributed by atoms with Crippen LogP contribution in [0.5, 0.6) is 5.75 Å². The summed E-state index contributed by atoms with van der Waals surface area (Å²) in [7, 11) is 0. The number of rotatable bonds is 5. The Morgan fingerprint density at radius 1 is 1.00 bits per heavy atom. The van der Waals surface area contributed by atoms with Crippen molar-refractivity contribution in [2.45, 2.75) is 38.5 Å². The summed E-state index contributed by atoms with van der Waals surface area (Å²) in [4.78, 5) is 29.1. The number of amides is 2. The average molecular weight is 396 g/mol. The summed E-state index contributed by atoms with van der Waals surface area (Å²) in [6.45, 7) is 3.06. The third-order valence-corrected chi connectivity index (χ3v) is 5.68. The van der Waals surface area contributed by atoms with Crippen LogP contribution < -0.4 is 4.74 Å². The number of ether oxygens (including phenoxy) is 1. The van der Waals surface area contributed by atoms with Crippen LogP contribution in [-0.4, -0.2) is 54.4 Å². The molecule has 0 aromatic heterocycles. The molecule has 1 aromatic carbocycles. The van der Waals surface area contributed by atoms with Crippen molar-refractivity contribution in [1.82, 2.24) is 9.80 Å². The number of nitrogens with zero attached hydrogens (tertiary/aromatic N) is 3. The summed E-state index contributed by atoms with van der Waals surface area (Å²) in [5.74, 6) is 0.956. The fraction of sp³-hybridized carbons (Fsp3) is 0.522. The van der Waals surface area contributed by atoms with Crippen LogP contribution in [-0.2, 0) is 9.59 Å². The van der Waals surface area contributed by atoms with E-state index >= 15 is 0 Å². The minimum Gasteiger partial charge on any atom is -0.479 e. The molecule has 154 valence electrons. The topological polar surface area (TPSA) is 73.6 Å². The number of hydrogen-bond donors (Lipinski definition) is 0. The standard InChI is InChI=1S/C23H29N3O3/c24-13-18-29-21-8-5-19(6-9-21)7-10-22(27)25-16-11-20(12-17-25)23(28)26-14-3-1-2-4-15-26/h5-10,20H,1-4,11-12,14-18H2/b10-7+. The molecule has 0 unspecified atom stereocenters. The second-order valence-corrected chi connectivity index (χ2v) is 7.69. The van der Waals surface area contributed by atoms with Crippen molar-refractivity contribution in [1.29, 1.82) is 5.26 Å². The van der Waals surface area contributed by atoms with Gasteiger partial charge in [0, 0.05) is 38.2 Å². The number of benzene rings is 1. The van der Waals surface area contributed by atoms with Gasteiger partial charge in [-0.15, -0.1) is 0 Å². The largest absolute Gasteiger partial charge is 0.479 e. The minimum atomic E-state index is -0.0181. The quantitative estimate of drug-likeness (QED) is 0.718. The number of carbonyl (C=O) groups is 2. The highest BCUT2D eigenvalue weighted by molar-refractivity contribution is 5.92. The van der Waals surface area contributed by atoms with Crippen LogP contribution in [0.2, 0.25) is 0 Å². The monoisotopic (exact) mass is 395 g/mol. The fourth-order valence-electron chi connectivity index (χ4n) is 3.96.